The van der Waals surface area contributed by atoms with E-state index in [1.54, 1.807) is 24.0 Å². The summed E-state index contributed by atoms with van der Waals surface area (Å²) in [6.07, 6.45) is 0. The number of fused-ring (bicyclic) bond motifs is 1. The molecule has 1 aliphatic heterocycles. The van der Waals surface area contributed by atoms with Gasteiger partial charge in [0.15, 0.2) is 0 Å². The SMILES string of the molecule is Cc1nonc1CNC(=O)[C@H]1CN(C(=O)c2cc3c(Cl)cccc3[nH]2)CCN1C. The summed E-state index contributed by atoms with van der Waals surface area (Å²) in [6.45, 7) is 3.41. The molecule has 29 heavy (non-hydrogen) atoms. The third-order valence-corrected chi connectivity index (χ3v) is 5.59. The predicted molar refractivity (Wildman–Crippen MR) is 107 cm³/mol. The molecule has 4 rings (SSSR count). The zero-order valence-corrected chi connectivity index (χ0v) is 16.9. The van der Waals surface area contributed by atoms with Crippen molar-refractivity contribution in [3.63, 3.8) is 0 Å². The number of aryl methyl sites for hydroxylation is 1. The summed E-state index contributed by atoms with van der Waals surface area (Å²) >= 11 is 6.21. The van der Waals surface area contributed by atoms with Gasteiger partial charge in [0.2, 0.25) is 5.91 Å². The largest absolute Gasteiger partial charge is 0.350 e. The van der Waals surface area contributed by atoms with E-state index in [-0.39, 0.29) is 18.4 Å². The Morgan fingerprint density at radius 2 is 2.17 bits per heavy atom. The van der Waals surface area contributed by atoms with Gasteiger partial charge in [-0.2, -0.15) is 0 Å². The van der Waals surface area contributed by atoms with E-state index in [4.69, 9.17) is 11.6 Å². The van der Waals surface area contributed by atoms with Crippen molar-refractivity contribution in [1.82, 2.24) is 30.4 Å². The molecule has 10 heteroatoms. The van der Waals surface area contributed by atoms with Crippen molar-refractivity contribution in [2.75, 3.05) is 26.7 Å². The lowest BCUT2D eigenvalue weighted by atomic mass is 10.1. The van der Waals surface area contributed by atoms with Gasteiger partial charge in [0.05, 0.1) is 6.54 Å². The summed E-state index contributed by atoms with van der Waals surface area (Å²) in [5.41, 5.74) is 2.48. The number of likely N-dealkylation sites (N-methyl/N-ethyl adjacent to an activating group) is 1. The number of halogens is 1. The van der Waals surface area contributed by atoms with Crippen LogP contribution in [0.5, 0.6) is 0 Å². The monoisotopic (exact) mass is 416 g/mol. The van der Waals surface area contributed by atoms with Crippen molar-refractivity contribution < 1.29 is 14.2 Å². The number of H-pyrrole nitrogens is 1. The zero-order valence-electron chi connectivity index (χ0n) is 16.1. The van der Waals surface area contributed by atoms with Crippen LogP contribution in [0.4, 0.5) is 0 Å². The van der Waals surface area contributed by atoms with Crippen molar-refractivity contribution >= 4 is 34.3 Å². The highest BCUT2D eigenvalue weighted by atomic mass is 35.5. The Balaban J connectivity index is 1.45. The van der Waals surface area contributed by atoms with Crippen LogP contribution < -0.4 is 5.32 Å². The first kappa shape index (κ1) is 19.4. The number of nitrogens with zero attached hydrogens (tertiary/aromatic N) is 4. The molecule has 2 amide bonds. The molecule has 1 aliphatic rings. The number of rotatable bonds is 4. The maximum atomic E-state index is 13.0. The van der Waals surface area contributed by atoms with E-state index in [0.717, 1.165) is 10.9 Å². The van der Waals surface area contributed by atoms with Gasteiger partial charge in [-0.05, 0) is 32.2 Å². The summed E-state index contributed by atoms with van der Waals surface area (Å²) in [5.74, 6) is -0.327. The van der Waals surface area contributed by atoms with Crippen LogP contribution in [0.15, 0.2) is 28.9 Å². The minimum absolute atomic E-state index is 0.153. The normalized spacial score (nSPS) is 17.6. The Bertz CT molecular complexity index is 1060. The first-order chi connectivity index (χ1) is 13.9. The fraction of sp³-hybridized carbons (Fsp3) is 0.368. The topological polar surface area (TPSA) is 107 Å². The first-order valence-corrected chi connectivity index (χ1v) is 9.64. The van der Waals surface area contributed by atoms with E-state index in [2.05, 4.69) is 25.2 Å². The predicted octanol–water partition coefficient (Wildman–Crippen LogP) is 1.59. The van der Waals surface area contributed by atoms with Gasteiger partial charge in [-0.1, -0.05) is 28.0 Å². The minimum atomic E-state index is -0.458. The van der Waals surface area contributed by atoms with Crippen LogP contribution in [-0.2, 0) is 11.3 Å². The average molecular weight is 417 g/mol. The van der Waals surface area contributed by atoms with Crippen LogP contribution in [-0.4, -0.2) is 69.6 Å². The van der Waals surface area contributed by atoms with Crippen LogP contribution in [0.25, 0.3) is 10.9 Å². The molecule has 0 radical (unpaired) electrons. The number of piperazine rings is 1. The highest BCUT2D eigenvalue weighted by molar-refractivity contribution is 6.35. The third kappa shape index (κ3) is 3.83. The van der Waals surface area contributed by atoms with Crippen molar-refractivity contribution in [2.24, 2.45) is 0 Å². The van der Waals surface area contributed by atoms with Crippen LogP contribution in [0.3, 0.4) is 0 Å². The summed E-state index contributed by atoms with van der Waals surface area (Å²) in [6, 6.07) is 6.79. The molecule has 3 aromatic rings. The number of carbonyl (C=O) groups excluding carboxylic acids is 2. The van der Waals surface area contributed by atoms with Crippen molar-refractivity contribution in [1.29, 1.82) is 0 Å². The number of benzene rings is 1. The van der Waals surface area contributed by atoms with E-state index in [9.17, 15) is 9.59 Å². The lowest BCUT2D eigenvalue weighted by molar-refractivity contribution is -0.127. The lowest BCUT2D eigenvalue weighted by Gasteiger charge is -2.38. The molecule has 3 heterocycles. The quantitative estimate of drug-likeness (QED) is 0.668. The molecular formula is C19H21ClN6O3. The van der Waals surface area contributed by atoms with Gasteiger partial charge >= 0.3 is 0 Å². The number of nitrogens with one attached hydrogen (secondary N) is 2. The second-order valence-corrected chi connectivity index (χ2v) is 7.55. The van der Waals surface area contributed by atoms with E-state index in [1.165, 1.54) is 0 Å². The highest BCUT2D eigenvalue weighted by Gasteiger charge is 2.33. The Morgan fingerprint density at radius 1 is 1.34 bits per heavy atom. The van der Waals surface area contributed by atoms with Gasteiger partial charge < -0.3 is 15.2 Å². The van der Waals surface area contributed by atoms with Gasteiger partial charge in [-0.3, -0.25) is 14.5 Å². The number of carbonyl (C=O) groups is 2. The smallest absolute Gasteiger partial charge is 0.270 e. The number of amides is 2. The Kier molecular flexibility index (Phi) is 5.25. The molecule has 2 N–H and O–H groups in total. The number of aromatic nitrogens is 3. The zero-order chi connectivity index (χ0) is 20.5. The van der Waals surface area contributed by atoms with Crippen LogP contribution in [0, 0.1) is 6.92 Å². The molecule has 9 nitrogen and oxygen atoms in total. The van der Waals surface area contributed by atoms with Gasteiger partial charge in [-0.15, -0.1) is 0 Å². The third-order valence-electron chi connectivity index (χ3n) is 5.26. The van der Waals surface area contributed by atoms with Crippen molar-refractivity contribution in [3.05, 3.63) is 46.4 Å². The van der Waals surface area contributed by atoms with Crippen molar-refractivity contribution in [2.45, 2.75) is 19.5 Å². The fourth-order valence-electron chi connectivity index (χ4n) is 3.44. The molecule has 2 aromatic heterocycles. The second-order valence-electron chi connectivity index (χ2n) is 7.15. The molecular weight excluding hydrogens is 396 g/mol. The van der Waals surface area contributed by atoms with Gasteiger partial charge in [0.1, 0.15) is 23.1 Å². The van der Waals surface area contributed by atoms with Crippen LogP contribution >= 0.6 is 11.6 Å². The van der Waals surface area contributed by atoms with Crippen LogP contribution in [0.2, 0.25) is 5.02 Å². The number of aromatic amines is 1. The van der Waals surface area contributed by atoms with Gasteiger partial charge in [-0.25, -0.2) is 4.63 Å². The molecule has 1 fully saturated rings. The molecule has 0 aliphatic carbocycles. The highest BCUT2D eigenvalue weighted by Crippen LogP contribution is 2.25. The number of hydrogen-bond acceptors (Lipinski definition) is 6. The summed E-state index contributed by atoms with van der Waals surface area (Å²) in [7, 11) is 1.87. The molecule has 0 spiro atoms. The second kappa shape index (κ2) is 7.84. The Labute approximate surface area is 171 Å². The Morgan fingerprint density at radius 3 is 2.90 bits per heavy atom. The number of hydrogen-bond donors (Lipinski definition) is 2. The maximum absolute atomic E-state index is 13.0. The molecule has 152 valence electrons. The Hall–Kier alpha value is -2.91. The average Bonchev–Trinajstić information content (AvgIpc) is 3.33. The summed E-state index contributed by atoms with van der Waals surface area (Å²) < 4.78 is 4.65. The molecule has 1 atom stereocenters. The molecule has 1 aromatic carbocycles. The van der Waals surface area contributed by atoms with E-state index in [1.807, 2.05) is 24.1 Å². The molecule has 0 unspecified atom stereocenters. The standard InChI is InChI=1S/C19H21ClN6O3/c1-11-16(24-29-23-11)9-21-18(27)17-10-26(7-6-25(17)2)19(28)15-8-12-13(20)4-3-5-14(12)22-15/h3-5,8,17,22H,6-7,9-10H2,1-2H3,(H,21,27)/t17-/m1/s1. The minimum Gasteiger partial charge on any atom is -0.350 e. The van der Waals surface area contributed by atoms with E-state index < -0.39 is 6.04 Å². The van der Waals surface area contributed by atoms with Gasteiger partial charge in [0, 0.05) is 35.6 Å². The molecule has 1 saturated heterocycles. The van der Waals surface area contributed by atoms with Crippen molar-refractivity contribution in [3.8, 4) is 0 Å². The summed E-state index contributed by atoms with van der Waals surface area (Å²) in [5, 5.41) is 11.7. The van der Waals surface area contributed by atoms with Gasteiger partial charge in [0.25, 0.3) is 5.91 Å². The lowest BCUT2D eigenvalue weighted by Crippen LogP contribution is -2.58. The fourth-order valence-corrected chi connectivity index (χ4v) is 3.67. The first-order valence-electron chi connectivity index (χ1n) is 9.26. The van der Waals surface area contributed by atoms with E-state index >= 15 is 0 Å². The summed E-state index contributed by atoms with van der Waals surface area (Å²) in [4.78, 5) is 32.5. The molecule has 0 saturated carbocycles. The maximum Gasteiger partial charge on any atom is 0.270 e. The molecule has 0 bridgehead atoms. The van der Waals surface area contributed by atoms with E-state index in [0.29, 0.717) is 41.7 Å². The van der Waals surface area contributed by atoms with Crippen LogP contribution in [0.1, 0.15) is 21.9 Å².